The number of hydrogen-bond donors (Lipinski definition) is 2. The Hall–Kier alpha value is -4.32. The molecule has 170 valence electrons. The van der Waals surface area contributed by atoms with Crippen LogP contribution in [-0.4, -0.2) is 17.0 Å². The Balaban J connectivity index is 1.60. The molecular weight excluding hydrogens is 436 g/mol. The smallest absolute Gasteiger partial charge is 0.335 e. The molecule has 0 saturated carbocycles. The summed E-state index contributed by atoms with van der Waals surface area (Å²) in [6, 6.07) is 23.9. The van der Waals surface area contributed by atoms with Crippen molar-refractivity contribution >= 4 is 17.6 Å². The average Bonchev–Trinajstić information content (AvgIpc) is 2.83. The first-order valence-electron chi connectivity index (χ1n) is 10.6. The molecular formula is C28H21F2NO3. The van der Waals surface area contributed by atoms with Gasteiger partial charge in [0.25, 0.3) is 5.91 Å². The molecule has 34 heavy (non-hydrogen) atoms. The second kappa shape index (κ2) is 10.1. The maximum atomic E-state index is 14.2. The molecule has 4 nitrogen and oxygen atoms in total. The van der Waals surface area contributed by atoms with Crippen LogP contribution in [0.4, 0.5) is 14.5 Å². The van der Waals surface area contributed by atoms with E-state index in [1.807, 2.05) is 6.07 Å². The quantitative estimate of drug-likeness (QED) is 0.353. The Bertz CT molecular complexity index is 1370. The molecule has 0 fully saturated rings. The van der Waals surface area contributed by atoms with Crippen molar-refractivity contribution in [2.24, 2.45) is 0 Å². The predicted molar refractivity (Wildman–Crippen MR) is 126 cm³/mol. The molecule has 0 radical (unpaired) electrons. The van der Waals surface area contributed by atoms with Gasteiger partial charge in [-0.2, -0.15) is 0 Å². The van der Waals surface area contributed by atoms with Gasteiger partial charge in [0.2, 0.25) is 0 Å². The van der Waals surface area contributed by atoms with Crippen LogP contribution < -0.4 is 5.32 Å². The van der Waals surface area contributed by atoms with Gasteiger partial charge < -0.3 is 10.4 Å². The lowest BCUT2D eigenvalue weighted by atomic mass is 9.99. The number of amides is 1. The van der Waals surface area contributed by atoms with Gasteiger partial charge in [-0.25, -0.2) is 13.6 Å². The fourth-order valence-corrected chi connectivity index (χ4v) is 3.72. The highest BCUT2D eigenvalue weighted by molar-refractivity contribution is 6.05. The highest BCUT2D eigenvalue weighted by Gasteiger charge is 2.15. The zero-order valence-corrected chi connectivity index (χ0v) is 18.1. The Morgan fingerprint density at radius 1 is 0.676 bits per heavy atom. The fraction of sp³-hybridized carbons (Fsp3) is 0.0714. The number of carbonyl (C=O) groups excluding carboxylic acids is 1. The molecule has 0 atom stereocenters. The molecule has 2 N–H and O–H groups in total. The fourth-order valence-electron chi connectivity index (χ4n) is 3.72. The van der Waals surface area contributed by atoms with Gasteiger partial charge in [0, 0.05) is 24.1 Å². The third-order valence-electron chi connectivity index (χ3n) is 5.48. The van der Waals surface area contributed by atoms with E-state index in [1.54, 1.807) is 54.6 Å². The van der Waals surface area contributed by atoms with Crippen LogP contribution in [0.2, 0.25) is 0 Å². The lowest BCUT2D eigenvalue weighted by Crippen LogP contribution is -2.14. The van der Waals surface area contributed by atoms with Crippen molar-refractivity contribution < 1.29 is 23.5 Å². The third kappa shape index (κ3) is 5.35. The van der Waals surface area contributed by atoms with Crippen LogP contribution in [0.25, 0.3) is 0 Å². The number of carboxylic acids is 1. The first-order chi connectivity index (χ1) is 16.4. The lowest BCUT2D eigenvalue weighted by Gasteiger charge is -2.13. The van der Waals surface area contributed by atoms with E-state index in [0.717, 1.165) is 5.56 Å². The molecule has 0 heterocycles. The molecule has 0 aromatic heterocycles. The molecule has 0 aliphatic rings. The zero-order valence-electron chi connectivity index (χ0n) is 18.1. The molecule has 0 aliphatic carbocycles. The standard InChI is InChI=1S/C28H21F2NO3/c29-24-10-3-1-7-19(24)14-18-6-5-9-21(15-18)27(32)31-26-13-12-22(28(33)34)17-23(26)16-20-8-2-4-11-25(20)30/h1-13,15,17H,14,16H2,(H,31,32)(H,33,34). The SMILES string of the molecule is O=C(O)c1ccc(NC(=O)c2cccc(Cc3ccccc3F)c2)c(Cc2ccccc2F)c1. The van der Waals surface area contributed by atoms with Crippen LogP contribution in [0.5, 0.6) is 0 Å². The van der Waals surface area contributed by atoms with Gasteiger partial charge in [0.15, 0.2) is 0 Å². The zero-order chi connectivity index (χ0) is 24.1. The van der Waals surface area contributed by atoms with Gasteiger partial charge >= 0.3 is 5.97 Å². The van der Waals surface area contributed by atoms with Crippen LogP contribution in [-0.2, 0) is 12.8 Å². The number of halogens is 2. The molecule has 0 bridgehead atoms. The van der Waals surface area contributed by atoms with Crippen molar-refractivity contribution in [1.82, 2.24) is 0 Å². The Morgan fingerprint density at radius 2 is 1.32 bits per heavy atom. The average molecular weight is 457 g/mol. The number of anilines is 1. The molecule has 1 amide bonds. The summed E-state index contributed by atoms with van der Waals surface area (Å²) >= 11 is 0. The molecule has 0 saturated heterocycles. The summed E-state index contributed by atoms with van der Waals surface area (Å²) in [6.45, 7) is 0. The number of carboxylic acid groups (broad SMARTS) is 1. The minimum Gasteiger partial charge on any atom is -0.478 e. The maximum absolute atomic E-state index is 14.2. The minimum atomic E-state index is -1.12. The normalized spacial score (nSPS) is 10.6. The van der Waals surface area contributed by atoms with Crippen molar-refractivity contribution in [3.63, 3.8) is 0 Å². The monoisotopic (exact) mass is 457 g/mol. The van der Waals surface area contributed by atoms with E-state index in [4.69, 9.17) is 0 Å². The van der Waals surface area contributed by atoms with E-state index in [-0.39, 0.29) is 17.8 Å². The molecule has 0 spiro atoms. The van der Waals surface area contributed by atoms with Crippen molar-refractivity contribution in [3.05, 3.63) is 136 Å². The molecule has 4 rings (SSSR count). The Kier molecular flexibility index (Phi) is 6.78. The topological polar surface area (TPSA) is 66.4 Å². The summed E-state index contributed by atoms with van der Waals surface area (Å²) in [5.74, 6) is -2.25. The number of carbonyl (C=O) groups is 2. The van der Waals surface area contributed by atoms with Gasteiger partial charge in [-0.05, 0) is 64.7 Å². The molecule has 0 aliphatic heterocycles. The maximum Gasteiger partial charge on any atom is 0.335 e. The van der Waals surface area contributed by atoms with Crippen LogP contribution in [0.1, 0.15) is 43.0 Å². The summed E-state index contributed by atoms with van der Waals surface area (Å²) in [4.78, 5) is 24.5. The first kappa shape index (κ1) is 22.9. The Labute approximate surface area is 195 Å². The van der Waals surface area contributed by atoms with E-state index in [2.05, 4.69) is 5.32 Å². The summed E-state index contributed by atoms with van der Waals surface area (Å²) in [7, 11) is 0. The van der Waals surface area contributed by atoms with Crippen molar-refractivity contribution in [1.29, 1.82) is 0 Å². The van der Waals surface area contributed by atoms with Crippen molar-refractivity contribution in [3.8, 4) is 0 Å². The lowest BCUT2D eigenvalue weighted by molar-refractivity contribution is 0.0696. The van der Waals surface area contributed by atoms with Gasteiger partial charge in [-0.3, -0.25) is 4.79 Å². The van der Waals surface area contributed by atoms with Crippen LogP contribution >= 0.6 is 0 Å². The van der Waals surface area contributed by atoms with E-state index >= 15 is 0 Å². The van der Waals surface area contributed by atoms with E-state index in [9.17, 15) is 23.5 Å². The summed E-state index contributed by atoms with van der Waals surface area (Å²) in [5.41, 5.74) is 2.94. The van der Waals surface area contributed by atoms with Gasteiger partial charge in [0.1, 0.15) is 11.6 Å². The summed E-state index contributed by atoms with van der Waals surface area (Å²) < 4.78 is 28.2. The van der Waals surface area contributed by atoms with Crippen LogP contribution in [0, 0.1) is 11.6 Å². The highest BCUT2D eigenvalue weighted by Crippen LogP contribution is 2.24. The number of rotatable bonds is 7. The summed E-state index contributed by atoms with van der Waals surface area (Å²) in [5, 5.41) is 12.2. The number of hydrogen-bond acceptors (Lipinski definition) is 2. The first-order valence-corrected chi connectivity index (χ1v) is 10.6. The predicted octanol–water partition coefficient (Wildman–Crippen LogP) is 6.10. The third-order valence-corrected chi connectivity index (χ3v) is 5.48. The number of benzene rings is 4. The van der Waals surface area contributed by atoms with Gasteiger partial charge in [0.05, 0.1) is 5.56 Å². The van der Waals surface area contributed by atoms with Crippen molar-refractivity contribution in [2.75, 3.05) is 5.32 Å². The second-order valence-corrected chi connectivity index (χ2v) is 7.87. The molecule has 4 aromatic carbocycles. The summed E-state index contributed by atoms with van der Waals surface area (Å²) in [6.07, 6.45) is 0.441. The van der Waals surface area contributed by atoms with Gasteiger partial charge in [-0.1, -0.05) is 48.5 Å². The molecule has 6 heteroatoms. The highest BCUT2D eigenvalue weighted by atomic mass is 19.1. The van der Waals surface area contributed by atoms with E-state index < -0.39 is 17.7 Å². The number of nitrogens with one attached hydrogen (secondary N) is 1. The van der Waals surface area contributed by atoms with Gasteiger partial charge in [-0.15, -0.1) is 0 Å². The molecule has 0 unspecified atom stereocenters. The van der Waals surface area contributed by atoms with Crippen molar-refractivity contribution in [2.45, 2.75) is 12.8 Å². The largest absolute Gasteiger partial charge is 0.478 e. The van der Waals surface area contributed by atoms with Crippen LogP contribution in [0.15, 0.2) is 91.0 Å². The van der Waals surface area contributed by atoms with E-state index in [1.165, 1.54) is 30.3 Å². The minimum absolute atomic E-state index is 0.0382. The molecule has 4 aromatic rings. The van der Waals surface area contributed by atoms with Crippen LogP contribution in [0.3, 0.4) is 0 Å². The second-order valence-electron chi connectivity index (χ2n) is 7.87. The van der Waals surface area contributed by atoms with E-state index in [0.29, 0.717) is 34.4 Å². The Morgan fingerprint density at radius 3 is 1.97 bits per heavy atom. The number of aromatic carboxylic acids is 1.